The van der Waals surface area contributed by atoms with Gasteiger partial charge in [-0.1, -0.05) is 23.8 Å². The Bertz CT molecular complexity index is 494. The minimum atomic E-state index is 0.131. The van der Waals surface area contributed by atoms with Crippen LogP contribution in [-0.2, 0) is 4.79 Å². The first-order valence-electron chi connectivity index (χ1n) is 7.99. The van der Waals surface area contributed by atoms with Crippen LogP contribution in [0.2, 0.25) is 0 Å². The molecule has 3 heteroatoms. The van der Waals surface area contributed by atoms with E-state index in [1.807, 2.05) is 12.1 Å². The molecule has 0 atom stereocenters. The van der Waals surface area contributed by atoms with Gasteiger partial charge in [0.15, 0.2) is 0 Å². The first kappa shape index (κ1) is 15.6. The molecule has 0 heterocycles. The maximum absolute atomic E-state index is 11.8. The summed E-state index contributed by atoms with van der Waals surface area (Å²) in [5.74, 6) is 0.131. The van der Waals surface area contributed by atoms with Gasteiger partial charge in [-0.05, 0) is 56.7 Å². The molecule has 0 aliphatic heterocycles. The number of benzene rings is 1. The molecular formula is C18H26N2O. The average molecular weight is 286 g/mol. The molecule has 21 heavy (non-hydrogen) atoms. The summed E-state index contributed by atoms with van der Waals surface area (Å²) in [6.07, 6.45) is 8.92. The molecule has 114 valence electrons. The molecular weight excluding hydrogens is 260 g/mol. The van der Waals surface area contributed by atoms with Crippen LogP contribution in [0.1, 0.15) is 44.1 Å². The van der Waals surface area contributed by atoms with Gasteiger partial charge in [-0.15, -0.1) is 0 Å². The maximum Gasteiger partial charge on any atom is 0.221 e. The van der Waals surface area contributed by atoms with Crippen molar-refractivity contribution < 1.29 is 4.79 Å². The highest BCUT2D eigenvalue weighted by Gasteiger charge is 2.05. The molecule has 1 aromatic rings. The van der Waals surface area contributed by atoms with Gasteiger partial charge in [-0.2, -0.15) is 0 Å². The minimum absolute atomic E-state index is 0.131. The van der Waals surface area contributed by atoms with Crippen LogP contribution in [-0.4, -0.2) is 19.0 Å². The Hall–Kier alpha value is -1.77. The summed E-state index contributed by atoms with van der Waals surface area (Å²) in [7, 11) is 0. The van der Waals surface area contributed by atoms with Gasteiger partial charge >= 0.3 is 0 Å². The van der Waals surface area contributed by atoms with E-state index in [9.17, 15) is 4.79 Å². The van der Waals surface area contributed by atoms with Crippen LogP contribution in [0.25, 0.3) is 0 Å². The van der Waals surface area contributed by atoms with Crippen molar-refractivity contribution in [2.75, 3.05) is 18.4 Å². The fourth-order valence-corrected chi connectivity index (χ4v) is 2.66. The van der Waals surface area contributed by atoms with E-state index in [-0.39, 0.29) is 5.91 Å². The maximum atomic E-state index is 11.8. The standard InChI is InChI=1S/C18H26N2O/c1-15-6-5-9-17(14-15)19-13-11-18(21)20-12-10-16-7-3-2-4-8-16/h5-7,9,14,19H,2-4,8,10-13H2,1H3,(H,20,21). The van der Waals surface area contributed by atoms with Crippen molar-refractivity contribution in [3.05, 3.63) is 41.5 Å². The highest BCUT2D eigenvalue weighted by Crippen LogP contribution is 2.19. The summed E-state index contributed by atoms with van der Waals surface area (Å²) < 4.78 is 0. The molecule has 1 aromatic carbocycles. The molecule has 1 amide bonds. The third-order valence-corrected chi connectivity index (χ3v) is 3.85. The summed E-state index contributed by atoms with van der Waals surface area (Å²) in [5, 5.41) is 6.29. The second kappa shape index (κ2) is 8.50. The number of amides is 1. The number of carbonyl (C=O) groups is 1. The minimum Gasteiger partial charge on any atom is -0.385 e. The van der Waals surface area contributed by atoms with E-state index in [1.54, 1.807) is 0 Å². The van der Waals surface area contributed by atoms with Crippen LogP contribution in [0.15, 0.2) is 35.9 Å². The lowest BCUT2D eigenvalue weighted by molar-refractivity contribution is -0.120. The topological polar surface area (TPSA) is 41.1 Å². The predicted molar refractivity (Wildman–Crippen MR) is 88.5 cm³/mol. The number of carbonyl (C=O) groups excluding carboxylic acids is 1. The Labute approximate surface area is 127 Å². The van der Waals surface area contributed by atoms with Crippen LogP contribution >= 0.6 is 0 Å². The fourth-order valence-electron chi connectivity index (χ4n) is 2.66. The lowest BCUT2D eigenvalue weighted by Crippen LogP contribution is -2.26. The predicted octanol–water partition coefficient (Wildman–Crippen LogP) is 3.80. The Balaban J connectivity index is 1.58. The van der Waals surface area contributed by atoms with E-state index >= 15 is 0 Å². The Kier molecular flexibility index (Phi) is 6.32. The van der Waals surface area contributed by atoms with Crippen LogP contribution in [0.4, 0.5) is 5.69 Å². The van der Waals surface area contributed by atoms with Crippen molar-refractivity contribution in [3.63, 3.8) is 0 Å². The summed E-state index contributed by atoms with van der Waals surface area (Å²) in [6.45, 7) is 3.52. The lowest BCUT2D eigenvalue weighted by atomic mass is 9.97. The summed E-state index contributed by atoms with van der Waals surface area (Å²) in [4.78, 5) is 11.8. The number of allylic oxidation sites excluding steroid dienone is 1. The third-order valence-electron chi connectivity index (χ3n) is 3.85. The Morgan fingerprint density at radius 1 is 1.24 bits per heavy atom. The van der Waals surface area contributed by atoms with Crippen LogP contribution in [0.3, 0.4) is 0 Å². The van der Waals surface area contributed by atoms with Crippen molar-refractivity contribution in [2.45, 2.75) is 45.4 Å². The molecule has 0 fully saturated rings. The second-order valence-electron chi connectivity index (χ2n) is 5.75. The number of rotatable bonds is 7. The van der Waals surface area contributed by atoms with E-state index in [4.69, 9.17) is 0 Å². The molecule has 0 saturated carbocycles. The molecule has 0 aromatic heterocycles. The molecule has 0 bridgehead atoms. The summed E-state index contributed by atoms with van der Waals surface area (Å²) in [6, 6.07) is 8.21. The number of aryl methyl sites for hydroxylation is 1. The number of anilines is 1. The second-order valence-corrected chi connectivity index (χ2v) is 5.75. The number of nitrogens with one attached hydrogen (secondary N) is 2. The highest BCUT2D eigenvalue weighted by atomic mass is 16.1. The van der Waals surface area contributed by atoms with Crippen LogP contribution in [0, 0.1) is 6.92 Å². The largest absolute Gasteiger partial charge is 0.385 e. The first-order chi connectivity index (χ1) is 10.2. The van der Waals surface area contributed by atoms with E-state index in [0.29, 0.717) is 13.0 Å². The molecule has 0 spiro atoms. The van der Waals surface area contributed by atoms with Crippen molar-refractivity contribution in [1.82, 2.24) is 5.32 Å². The molecule has 3 nitrogen and oxygen atoms in total. The van der Waals surface area contributed by atoms with Gasteiger partial charge in [0.1, 0.15) is 0 Å². The SMILES string of the molecule is Cc1cccc(NCCC(=O)NCCC2=CCCCC2)c1. The van der Waals surface area contributed by atoms with Gasteiger partial charge in [0, 0.05) is 25.2 Å². The average Bonchev–Trinajstić information content (AvgIpc) is 2.48. The molecule has 1 aliphatic carbocycles. The fraction of sp³-hybridized carbons (Fsp3) is 0.500. The van der Waals surface area contributed by atoms with E-state index in [2.05, 4.69) is 35.8 Å². The summed E-state index contributed by atoms with van der Waals surface area (Å²) >= 11 is 0. The van der Waals surface area contributed by atoms with E-state index < -0.39 is 0 Å². The van der Waals surface area contributed by atoms with Gasteiger partial charge in [0.25, 0.3) is 0 Å². The normalized spacial score (nSPS) is 14.4. The van der Waals surface area contributed by atoms with Gasteiger partial charge in [-0.25, -0.2) is 0 Å². The quantitative estimate of drug-likeness (QED) is 0.748. The van der Waals surface area contributed by atoms with Crippen molar-refractivity contribution in [3.8, 4) is 0 Å². The van der Waals surface area contributed by atoms with Gasteiger partial charge in [0.05, 0.1) is 0 Å². The monoisotopic (exact) mass is 286 g/mol. The van der Waals surface area contributed by atoms with Crippen LogP contribution < -0.4 is 10.6 Å². The molecule has 2 rings (SSSR count). The Morgan fingerprint density at radius 3 is 2.90 bits per heavy atom. The summed E-state index contributed by atoms with van der Waals surface area (Å²) in [5.41, 5.74) is 3.82. The molecule has 0 saturated heterocycles. The molecule has 0 radical (unpaired) electrons. The zero-order valence-electron chi connectivity index (χ0n) is 13.0. The van der Waals surface area contributed by atoms with Crippen LogP contribution in [0.5, 0.6) is 0 Å². The van der Waals surface area contributed by atoms with Gasteiger partial charge in [0.2, 0.25) is 5.91 Å². The zero-order valence-corrected chi connectivity index (χ0v) is 13.0. The number of hydrogen-bond acceptors (Lipinski definition) is 2. The number of hydrogen-bond donors (Lipinski definition) is 2. The van der Waals surface area contributed by atoms with Crippen molar-refractivity contribution in [1.29, 1.82) is 0 Å². The Morgan fingerprint density at radius 2 is 2.14 bits per heavy atom. The van der Waals surface area contributed by atoms with E-state index in [0.717, 1.165) is 18.7 Å². The van der Waals surface area contributed by atoms with E-state index in [1.165, 1.54) is 36.8 Å². The van der Waals surface area contributed by atoms with Crippen molar-refractivity contribution in [2.24, 2.45) is 0 Å². The van der Waals surface area contributed by atoms with Crippen molar-refractivity contribution >= 4 is 11.6 Å². The van der Waals surface area contributed by atoms with Gasteiger partial charge < -0.3 is 10.6 Å². The molecule has 0 unspecified atom stereocenters. The van der Waals surface area contributed by atoms with Gasteiger partial charge in [-0.3, -0.25) is 4.79 Å². The molecule has 2 N–H and O–H groups in total. The molecule has 1 aliphatic rings. The highest BCUT2D eigenvalue weighted by molar-refractivity contribution is 5.76. The third kappa shape index (κ3) is 6.03. The first-order valence-corrected chi connectivity index (χ1v) is 7.99. The lowest BCUT2D eigenvalue weighted by Gasteiger charge is -2.13. The zero-order chi connectivity index (χ0) is 14.9. The smallest absolute Gasteiger partial charge is 0.221 e.